The van der Waals surface area contributed by atoms with E-state index in [4.69, 9.17) is 5.11 Å². The molecule has 0 unspecified atom stereocenters. The predicted molar refractivity (Wildman–Crippen MR) is 86.0 cm³/mol. The zero-order chi connectivity index (χ0) is 15.3. The van der Waals surface area contributed by atoms with Gasteiger partial charge in [-0.15, -0.1) is 0 Å². The van der Waals surface area contributed by atoms with Crippen molar-refractivity contribution in [2.24, 2.45) is 5.41 Å². The van der Waals surface area contributed by atoms with E-state index in [0.717, 1.165) is 25.2 Å². The van der Waals surface area contributed by atoms with Crippen LogP contribution in [-0.2, 0) is 11.3 Å². The van der Waals surface area contributed by atoms with E-state index in [1.54, 1.807) is 6.08 Å². The normalized spacial score (nSPS) is 19.5. The van der Waals surface area contributed by atoms with Gasteiger partial charge < -0.3 is 5.11 Å². The zero-order valence-electron chi connectivity index (χ0n) is 13.0. The van der Waals surface area contributed by atoms with Crippen molar-refractivity contribution >= 4 is 12.0 Å². The van der Waals surface area contributed by atoms with Crippen LogP contribution in [0.3, 0.4) is 0 Å². The van der Waals surface area contributed by atoms with Crippen LogP contribution in [0.1, 0.15) is 44.2 Å². The number of likely N-dealkylation sites (tertiary alicyclic amines) is 1. The molecule has 0 aliphatic carbocycles. The number of benzene rings is 1. The van der Waals surface area contributed by atoms with Crippen molar-refractivity contribution in [2.45, 2.75) is 39.7 Å². The van der Waals surface area contributed by atoms with Crippen LogP contribution in [0.25, 0.3) is 6.08 Å². The molecule has 1 N–H and O–H groups in total. The van der Waals surface area contributed by atoms with Gasteiger partial charge in [-0.2, -0.15) is 0 Å². The van der Waals surface area contributed by atoms with Crippen molar-refractivity contribution in [1.29, 1.82) is 0 Å². The molecule has 2 rings (SSSR count). The Hall–Kier alpha value is -1.61. The van der Waals surface area contributed by atoms with Crippen molar-refractivity contribution in [3.8, 4) is 0 Å². The molecule has 0 aromatic heterocycles. The first kappa shape index (κ1) is 15.8. The smallest absolute Gasteiger partial charge is 0.328 e. The molecule has 1 aromatic carbocycles. The summed E-state index contributed by atoms with van der Waals surface area (Å²) in [6, 6.07) is 8.14. The van der Waals surface area contributed by atoms with Gasteiger partial charge in [-0.25, -0.2) is 4.79 Å². The average Bonchev–Trinajstić information content (AvgIpc) is 2.58. The minimum atomic E-state index is -0.907. The first-order valence-electron chi connectivity index (χ1n) is 7.67. The predicted octanol–water partition coefficient (Wildman–Crippen LogP) is 3.80. The summed E-state index contributed by atoms with van der Waals surface area (Å²) in [6.07, 6.45) is 6.63. The lowest BCUT2D eigenvalue weighted by Crippen LogP contribution is -2.25. The molecule has 3 heteroatoms. The third-order valence-corrected chi connectivity index (χ3v) is 4.21. The molecular formula is C18H25NO2. The molecule has 0 radical (unpaired) electrons. The standard InChI is InChI=1S/C18H25NO2/c1-18(2)9-4-11-19(12-10-18)14-16-6-3-5-15(13-16)7-8-17(20)21/h3,5-8,13H,4,9-12,14H2,1-2H3,(H,20,21). The van der Waals surface area contributed by atoms with Crippen LogP contribution in [0.5, 0.6) is 0 Å². The molecule has 0 saturated carbocycles. The maximum absolute atomic E-state index is 10.6. The third kappa shape index (κ3) is 5.35. The number of carboxylic acids is 1. The number of aliphatic carboxylic acids is 1. The lowest BCUT2D eigenvalue weighted by molar-refractivity contribution is -0.131. The highest BCUT2D eigenvalue weighted by atomic mass is 16.4. The fourth-order valence-electron chi connectivity index (χ4n) is 2.86. The zero-order valence-corrected chi connectivity index (χ0v) is 13.0. The maximum atomic E-state index is 10.6. The molecule has 1 aliphatic heterocycles. The van der Waals surface area contributed by atoms with Crippen molar-refractivity contribution in [3.63, 3.8) is 0 Å². The van der Waals surface area contributed by atoms with Crippen LogP contribution in [0.2, 0.25) is 0 Å². The Morgan fingerprint density at radius 3 is 2.90 bits per heavy atom. The first-order valence-corrected chi connectivity index (χ1v) is 7.67. The van der Waals surface area contributed by atoms with Gasteiger partial charge in [0.2, 0.25) is 0 Å². The van der Waals surface area contributed by atoms with Crippen molar-refractivity contribution in [2.75, 3.05) is 13.1 Å². The highest BCUT2D eigenvalue weighted by Crippen LogP contribution is 2.30. The minimum Gasteiger partial charge on any atom is -0.478 e. The highest BCUT2D eigenvalue weighted by Gasteiger charge is 2.22. The Bertz CT molecular complexity index is 520. The van der Waals surface area contributed by atoms with Gasteiger partial charge >= 0.3 is 5.97 Å². The van der Waals surface area contributed by atoms with E-state index in [1.165, 1.54) is 30.9 Å². The van der Waals surface area contributed by atoms with E-state index in [9.17, 15) is 4.79 Å². The molecule has 1 fully saturated rings. The molecule has 21 heavy (non-hydrogen) atoms. The van der Waals surface area contributed by atoms with Gasteiger partial charge in [-0.05, 0) is 55.0 Å². The van der Waals surface area contributed by atoms with E-state index in [-0.39, 0.29) is 0 Å². The number of carboxylic acid groups (broad SMARTS) is 1. The Labute approximate surface area is 127 Å². The van der Waals surface area contributed by atoms with Crippen LogP contribution >= 0.6 is 0 Å². The number of rotatable bonds is 4. The number of hydrogen-bond donors (Lipinski definition) is 1. The largest absolute Gasteiger partial charge is 0.478 e. The van der Waals surface area contributed by atoms with Crippen LogP contribution in [0, 0.1) is 5.41 Å². The van der Waals surface area contributed by atoms with E-state index in [1.807, 2.05) is 12.1 Å². The number of hydrogen-bond acceptors (Lipinski definition) is 2. The Morgan fingerprint density at radius 1 is 1.33 bits per heavy atom. The van der Waals surface area contributed by atoms with Crippen LogP contribution in [-0.4, -0.2) is 29.1 Å². The average molecular weight is 287 g/mol. The molecule has 3 nitrogen and oxygen atoms in total. The molecule has 0 atom stereocenters. The maximum Gasteiger partial charge on any atom is 0.328 e. The Kier molecular flexibility index (Phi) is 5.18. The van der Waals surface area contributed by atoms with Gasteiger partial charge in [0.05, 0.1) is 0 Å². The SMILES string of the molecule is CC1(C)CCCN(Cc2cccc(C=CC(=O)O)c2)CC1. The molecule has 0 spiro atoms. The summed E-state index contributed by atoms with van der Waals surface area (Å²) in [5, 5.41) is 8.69. The summed E-state index contributed by atoms with van der Waals surface area (Å²) >= 11 is 0. The summed E-state index contributed by atoms with van der Waals surface area (Å²) in [7, 11) is 0. The minimum absolute atomic E-state index is 0.459. The fraction of sp³-hybridized carbons (Fsp3) is 0.500. The summed E-state index contributed by atoms with van der Waals surface area (Å²) in [4.78, 5) is 13.1. The lowest BCUT2D eigenvalue weighted by Gasteiger charge is -2.23. The van der Waals surface area contributed by atoms with Gasteiger partial charge in [0.15, 0.2) is 0 Å². The number of nitrogens with zero attached hydrogens (tertiary/aromatic N) is 1. The molecule has 1 heterocycles. The van der Waals surface area contributed by atoms with Gasteiger partial charge in [-0.3, -0.25) is 4.90 Å². The van der Waals surface area contributed by atoms with Gasteiger partial charge in [0.25, 0.3) is 0 Å². The monoisotopic (exact) mass is 287 g/mol. The second kappa shape index (κ2) is 6.90. The van der Waals surface area contributed by atoms with Crippen LogP contribution in [0.15, 0.2) is 30.3 Å². The Morgan fingerprint density at radius 2 is 2.14 bits per heavy atom. The summed E-state index contributed by atoms with van der Waals surface area (Å²) in [6.45, 7) is 7.95. The van der Waals surface area contributed by atoms with Gasteiger partial charge in [0.1, 0.15) is 0 Å². The van der Waals surface area contributed by atoms with E-state index in [2.05, 4.69) is 30.9 Å². The second-order valence-corrected chi connectivity index (χ2v) is 6.71. The van der Waals surface area contributed by atoms with Gasteiger partial charge in [0, 0.05) is 12.6 Å². The van der Waals surface area contributed by atoms with E-state index in [0.29, 0.717) is 5.41 Å². The molecule has 0 amide bonds. The number of carbonyl (C=O) groups is 1. The summed E-state index contributed by atoms with van der Waals surface area (Å²) in [5.74, 6) is -0.907. The first-order chi connectivity index (χ1) is 9.94. The van der Waals surface area contributed by atoms with E-state index < -0.39 is 5.97 Å². The third-order valence-electron chi connectivity index (χ3n) is 4.21. The van der Waals surface area contributed by atoms with Crippen LogP contribution in [0.4, 0.5) is 0 Å². The topological polar surface area (TPSA) is 40.5 Å². The van der Waals surface area contributed by atoms with Crippen molar-refractivity contribution in [3.05, 3.63) is 41.5 Å². The summed E-state index contributed by atoms with van der Waals surface area (Å²) in [5.41, 5.74) is 2.66. The molecule has 0 bridgehead atoms. The summed E-state index contributed by atoms with van der Waals surface area (Å²) < 4.78 is 0. The Balaban J connectivity index is 1.99. The molecule has 1 aromatic rings. The van der Waals surface area contributed by atoms with Gasteiger partial charge in [-0.1, -0.05) is 38.1 Å². The lowest BCUT2D eigenvalue weighted by atomic mass is 9.85. The van der Waals surface area contributed by atoms with Crippen molar-refractivity contribution < 1.29 is 9.90 Å². The van der Waals surface area contributed by atoms with E-state index >= 15 is 0 Å². The second-order valence-electron chi connectivity index (χ2n) is 6.71. The quantitative estimate of drug-likeness (QED) is 0.856. The molecular weight excluding hydrogens is 262 g/mol. The molecule has 1 saturated heterocycles. The van der Waals surface area contributed by atoms with Crippen LogP contribution < -0.4 is 0 Å². The fourth-order valence-corrected chi connectivity index (χ4v) is 2.86. The van der Waals surface area contributed by atoms with Crippen molar-refractivity contribution in [1.82, 2.24) is 4.90 Å². The molecule has 1 aliphatic rings. The molecule has 114 valence electrons. The highest BCUT2D eigenvalue weighted by molar-refractivity contribution is 5.85.